The van der Waals surface area contributed by atoms with E-state index in [-0.39, 0.29) is 11.0 Å². The maximum absolute atomic E-state index is 12.9. The molecule has 0 saturated carbocycles. The molecular formula is C10H14FP. The first-order chi connectivity index (χ1) is 5.39. The molecule has 0 N–H and O–H groups in total. The lowest BCUT2D eigenvalue weighted by molar-refractivity contribution is 0.619. The molecule has 12 heavy (non-hydrogen) atoms. The van der Waals surface area contributed by atoms with Gasteiger partial charge in [-0.15, -0.1) is 9.24 Å². The monoisotopic (exact) mass is 184 g/mol. The molecule has 2 heteroatoms. The molecular weight excluding hydrogens is 170 g/mol. The Morgan fingerprint density at radius 1 is 1.25 bits per heavy atom. The lowest BCUT2D eigenvalue weighted by atomic mass is 10.00. The van der Waals surface area contributed by atoms with E-state index in [1.807, 2.05) is 26.8 Å². The molecule has 66 valence electrons. The van der Waals surface area contributed by atoms with E-state index in [2.05, 4.69) is 9.24 Å². The number of benzene rings is 1. The van der Waals surface area contributed by atoms with Gasteiger partial charge in [0.2, 0.25) is 0 Å². The highest BCUT2D eigenvalue weighted by Crippen LogP contribution is 2.30. The second-order valence-corrected chi connectivity index (χ2v) is 5.18. The van der Waals surface area contributed by atoms with Crippen molar-refractivity contribution in [3.63, 3.8) is 0 Å². The van der Waals surface area contributed by atoms with E-state index in [0.29, 0.717) is 0 Å². The molecule has 1 atom stereocenters. The quantitative estimate of drug-likeness (QED) is 0.588. The molecule has 0 aliphatic carbocycles. The van der Waals surface area contributed by atoms with Crippen molar-refractivity contribution in [2.24, 2.45) is 0 Å². The minimum absolute atomic E-state index is 0.0487. The maximum Gasteiger partial charge on any atom is 0.123 e. The van der Waals surface area contributed by atoms with Gasteiger partial charge in [-0.3, -0.25) is 0 Å². The van der Waals surface area contributed by atoms with Crippen LogP contribution in [0, 0.1) is 12.7 Å². The Morgan fingerprint density at radius 2 is 1.83 bits per heavy atom. The van der Waals surface area contributed by atoms with E-state index in [1.165, 1.54) is 0 Å². The van der Waals surface area contributed by atoms with Crippen LogP contribution in [0.1, 0.15) is 25.0 Å². The molecule has 0 radical (unpaired) electrons. The third-order valence-corrected chi connectivity index (χ3v) is 2.12. The van der Waals surface area contributed by atoms with Gasteiger partial charge in [0.25, 0.3) is 0 Å². The first-order valence-corrected chi connectivity index (χ1v) is 4.54. The van der Waals surface area contributed by atoms with E-state index in [0.717, 1.165) is 11.1 Å². The summed E-state index contributed by atoms with van der Waals surface area (Å²) in [7, 11) is 2.71. The Morgan fingerprint density at radius 3 is 2.25 bits per heavy atom. The van der Waals surface area contributed by atoms with Gasteiger partial charge in [0.15, 0.2) is 0 Å². The minimum Gasteiger partial charge on any atom is -0.207 e. The van der Waals surface area contributed by atoms with Crippen molar-refractivity contribution < 1.29 is 4.39 Å². The molecule has 0 nitrogen and oxygen atoms in total. The molecule has 0 aromatic heterocycles. The first-order valence-electron chi connectivity index (χ1n) is 3.96. The summed E-state index contributed by atoms with van der Waals surface area (Å²) in [5.74, 6) is -0.152. The smallest absolute Gasteiger partial charge is 0.123 e. The summed E-state index contributed by atoms with van der Waals surface area (Å²) in [6.45, 7) is 6.00. The Balaban J connectivity index is 3.18. The predicted octanol–water partition coefficient (Wildman–Crippen LogP) is 3.24. The molecule has 0 heterocycles. The summed E-state index contributed by atoms with van der Waals surface area (Å²) in [5, 5.41) is -0.0487. The van der Waals surface area contributed by atoms with Crippen molar-refractivity contribution in [3.05, 3.63) is 35.1 Å². The summed E-state index contributed by atoms with van der Waals surface area (Å²) in [5.41, 5.74) is 1.99. The molecule has 0 amide bonds. The van der Waals surface area contributed by atoms with Crippen LogP contribution < -0.4 is 0 Å². The van der Waals surface area contributed by atoms with Crippen molar-refractivity contribution in [2.45, 2.75) is 25.9 Å². The highest BCUT2D eigenvalue weighted by Gasteiger charge is 2.14. The van der Waals surface area contributed by atoms with Gasteiger partial charge in [-0.2, -0.15) is 0 Å². The average Bonchev–Trinajstić information content (AvgIpc) is 1.82. The molecule has 1 aromatic rings. The van der Waals surface area contributed by atoms with Crippen molar-refractivity contribution in [1.82, 2.24) is 0 Å². The maximum atomic E-state index is 12.9. The Hall–Kier alpha value is -0.420. The molecule has 0 bridgehead atoms. The molecule has 0 saturated heterocycles. The largest absolute Gasteiger partial charge is 0.207 e. The van der Waals surface area contributed by atoms with Gasteiger partial charge < -0.3 is 0 Å². The van der Waals surface area contributed by atoms with Gasteiger partial charge in [0.05, 0.1) is 0 Å². The summed E-state index contributed by atoms with van der Waals surface area (Å²) in [6.07, 6.45) is 0. The predicted molar refractivity (Wildman–Crippen MR) is 53.9 cm³/mol. The van der Waals surface area contributed by atoms with Crippen molar-refractivity contribution >= 4 is 9.24 Å². The van der Waals surface area contributed by atoms with Crippen molar-refractivity contribution in [2.75, 3.05) is 0 Å². The topological polar surface area (TPSA) is 0 Å². The fourth-order valence-corrected chi connectivity index (χ4v) is 1.28. The third-order valence-electron chi connectivity index (χ3n) is 1.79. The van der Waals surface area contributed by atoms with E-state index >= 15 is 0 Å². The van der Waals surface area contributed by atoms with Crippen LogP contribution in [0.25, 0.3) is 0 Å². The fourth-order valence-electron chi connectivity index (χ4n) is 1.11. The fraction of sp³-hybridized carbons (Fsp3) is 0.400. The van der Waals surface area contributed by atoms with Crippen LogP contribution in [0.15, 0.2) is 18.2 Å². The molecule has 1 rings (SSSR count). The Labute approximate surface area is 75.4 Å². The van der Waals surface area contributed by atoms with Crippen LogP contribution in [0.3, 0.4) is 0 Å². The van der Waals surface area contributed by atoms with E-state index in [9.17, 15) is 4.39 Å². The van der Waals surface area contributed by atoms with Crippen LogP contribution in [-0.4, -0.2) is 0 Å². The third kappa shape index (κ3) is 2.28. The molecule has 0 fully saturated rings. The number of rotatable bonds is 1. The number of halogens is 1. The molecule has 1 unspecified atom stereocenters. The number of hydrogen-bond acceptors (Lipinski definition) is 0. The van der Waals surface area contributed by atoms with E-state index < -0.39 is 0 Å². The highest BCUT2D eigenvalue weighted by molar-refractivity contribution is 7.18. The van der Waals surface area contributed by atoms with E-state index in [1.54, 1.807) is 12.1 Å². The van der Waals surface area contributed by atoms with Crippen molar-refractivity contribution in [1.29, 1.82) is 0 Å². The van der Waals surface area contributed by atoms with Crippen LogP contribution in [-0.2, 0) is 5.16 Å². The Kier molecular flexibility index (Phi) is 2.53. The van der Waals surface area contributed by atoms with Crippen LogP contribution >= 0.6 is 9.24 Å². The Bertz CT molecular complexity index is 266. The zero-order valence-electron chi connectivity index (χ0n) is 7.69. The zero-order chi connectivity index (χ0) is 9.35. The van der Waals surface area contributed by atoms with Gasteiger partial charge >= 0.3 is 0 Å². The van der Waals surface area contributed by atoms with Gasteiger partial charge in [-0.1, -0.05) is 19.9 Å². The molecule has 1 aromatic carbocycles. The van der Waals surface area contributed by atoms with Gasteiger partial charge in [0, 0.05) is 5.16 Å². The second-order valence-electron chi connectivity index (χ2n) is 3.74. The van der Waals surface area contributed by atoms with Crippen LogP contribution in [0.4, 0.5) is 4.39 Å². The summed E-state index contributed by atoms with van der Waals surface area (Å²) in [6, 6.07) is 5.13. The van der Waals surface area contributed by atoms with Gasteiger partial charge in [-0.25, -0.2) is 4.39 Å². The van der Waals surface area contributed by atoms with Gasteiger partial charge in [0.1, 0.15) is 5.82 Å². The summed E-state index contributed by atoms with van der Waals surface area (Å²) in [4.78, 5) is 0. The summed E-state index contributed by atoms with van der Waals surface area (Å²) >= 11 is 0. The van der Waals surface area contributed by atoms with E-state index in [4.69, 9.17) is 0 Å². The highest BCUT2D eigenvalue weighted by atomic mass is 31.0. The zero-order valence-corrected chi connectivity index (χ0v) is 8.84. The van der Waals surface area contributed by atoms with Gasteiger partial charge in [-0.05, 0) is 30.2 Å². The lowest BCUT2D eigenvalue weighted by Crippen LogP contribution is -2.07. The van der Waals surface area contributed by atoms with Crippen molar-refractivity contribution in [3.8, 4) is 0 Å². The molecule has 0 aliphatic rings. The first kappa shape index (κ1) is 9.67. The minimum atomic E-state index is -0.152. The number of aryl methyl sites for hydroxylation is 1. The normalized spacial score (nSPS) is 11.8. The standard InChI is InChI=1S/C10H14FP/c1-7-4-8(10(2,3)12)6-9(11)5-7/h4-6H,12H2,1-3H3. The number of hydrogen-bond donors (Lipinski definition) is 0. The summed E-state index contributed by atoms with van der Waals surface area (Å²) < 4.78 is 12.9. The molecule has 0 spiro atoms. The SMILES string of the molecule is Cc1cc(F)cc(C(C)(C)P)c1. The lowest BCUT2D eigenvalue weighted by Gasteiger charge is -2.19. The van der Waals surface area contributed by atoms with Crippen LogP contribution in [0.5, 0.6) is 0 Å². The average molecular weight is 184 g/mol. The molecule has 0 aliphatic heterocycles. The second kappa shape index (κ2) is 3.14. The van der Waals surface area contributed by atoms with Crippen LogP contribution in [0.2, 0.25) is 0 Å².